The average Bonchev–Trinajstić information content (AvgIpc) is 2.84. The molecule has 1 heterocycles. The van der Waals surface area contributed by atoms with Gasteiger partial charge in [0, 0.05) is 16.6 Å². The minimum absolute atomic E-state index is 0.144. The van der Waals surface area contributed by atoms with E-state index in [2.05, 4.69) is 76.0 Å². The van der Waals surface area contributed by atoms with Crippen LogP contribution in [-0.4, -0.2) is 11.5 Å². The highest BCUT2D eigenvalue weighted by Crippen LogP contribution is 2.34. The van der Waals surface area contributed by atoms with E-state index in [9.17, 15) is 0 Å². The molecule has 24 heavy (non-hydrogen) atoms. The maximum absolute atomic E-state index is 5.93. The second-order valence-corrected chi connectivity index (χ2v) is 7.90. The number of fused-ring (bicyclic) bond motifs is 1. The van der Waals surface area contributed by atoms with Crippen molar-refractivity contribution in [3.8, 4) is 11.3 Å². The number of aryl methyl sites for hydroxylation is 2. The van der Waals surface area contributed by atoms with Gasteiger partial charge >= 0.3 is 0 Å². The van der Waals surface area contributed by atoms with Crippen LogP contribution in [0.4, 0.5) is 0 Å². The first-order valence-corrected chi connectivity index (χ1v) is 8.73. The lowest BCUT2D eigenvalue weighted by atomic mass is 9.86. The molecule has 3 rings (SSSR count). The largest absolute Gasteiger partial charge is 0.354 e. The highest BCUT2D eigenvalue weighted by molar-refractivity contribution is 5.91. The molecule has 0 saturated heterocycles. The summed E-state index contributed by atoms with van der Waals surface area (Å²) in [6.45, 7) is 11.7. The average molecular weight is 320 g/mol. The minimum atomic E-state index is 0.144. The van der Waals surface area contributed by atoms with E-state index < -0.39 is 0 Å². The van der Waals surface area contributed by atoms with Crippen molar-refractivity contribution in [3.05, 3.63) is 58.7 Å². The molecule has 0 aliphatic heterocycles. The van der Waals surface area contributed by atoms with Crippen LogP contribution in [0.5, 0.6) is 0 Å². The molecule has 1 aromatic heterocycles. The standard InChI is InChI=1S/C22H28N2/c1-14-10-15(2)12-16(11-14)21-18(8-9-23)19-13-17(22(3,4)5)6-7-20(19)24-21/h6-7,10-13,24H,8-9,23H2,1-5H3. The first-order chi connectivity index (χ1) is 11.3. The molecule has 0 bridgehead atoms. The third kappa shape index (κ3) is 3.11. The molecule has 2 heteroatoms. The molecule has 0 amide bonds. The van der Waals surface area contributed by atoms with Crippen LogP contribution >= 0.6 is 0 Å². The van der Waals surface area contributed by atoms with E-state index in [1.165, 1.54) is 44.4 Å². The van der Waals surface area contributed by atoms with Crippen molar-refractivity contribution >= 4 is 10.9 Å². The zero-order valence-corrected chi connectivity index (χ0v) is 15.5. The third-order valence-electron chi connectivity index (χ3n) is 4.68. The van der Waals surface area contributed by atoms with Crippen molar-refractivity contribution in [3.63, 3.8) is 0 Å². The number of aromatic nitrogens is 1. The van der Waals surface area contributed by atoms with E-state index in [-0.39, 0.29) is 5.41 Å². The number of hydrogen-bond donors (Lipinski definition) is 2. The summed E-state index contributed by atoms with van der Waals surface area (Å²) < 4.78 is 0. The molecule has 0 spiro atoms. The lowest BCUT2D eigenvalue weighted by molar-refractivity contribution is 0.591. The van der Waals surface area contributed by atoms with Crippen LogP contribution in [0, 0.1) is 13.8 Å². The van der Waals surface area contributed by atoms with Crippen LogP contribution < -0.4 is 5.73 Å². The van der Waals surface area contributed by atoms with E-state index in [1.807, 2.05) is 0 Å². The van der Waals surface area contributed by atoms with Gasteiger partial charge in [-0.25, -0.2) is 0 Å². The normalized spacial score (nSPS) is 12.1. The van der Waals surface area contributed by atoms with Gasteiger partial charge in [0.1, 0.15) is 0 Å². The lowest BCUT2D eigenvalue weighted by Gasteiger charge is -2.19. The molecule has 2 nitrogen and oxygen atoms in total. The van der Waals surface area contributed by atoms with Gasteiger partial charge in [-0.3, -0.25) is 0 Å². The molecule has 126 valence electrons. The van der Waals surface area contributed by atoms with Crippen LogP contribution in [0.25, 0.3) is 22.2 Å². The Morgan fingerprint density at radius 1 is 0.958 bits per heavy atom. The number of H-pyrrole nitrogens is 1. The topological polar surface area (TPSA) is 41.8 Å². The summed E-state index contributed by atoms with van der Waals surface area (Å²) in [5.41, 5.74) is 15.0. The molecule has 0 radical (unpaired) electrons. The van der Waals surface area contributed by atoms with Crippen molar-refractivity contribution in [2.24, 2.45) is 5.73 Å². The van der Waals surface area contributed by atoms with Gasteiger partial charge in [0.15, 0.2) is 0 Å². The molecule has 2 aromatic carbocycles. The maximum atomic E-state index is 5.93. The molecule has 0 aliphatic rings. The molecular weight excluding hydrogens is 292 g/mol. The summed E-state index contributed by atoms with van der Waals surface area (Å²) in [7, 11) is 0. The highest BCUT2D eigenvalue weighted by Gasteiger charge is 2.18. The second kappa shape index (κ2) is 6.10. The van der Waals surface area contributed by atoms with Crippen molar-refractivity contribution < 1.29 is 0 Å². The molecule has 0 saturated carbocycles. The summed E-state index contributed by atoms with van der Waals surface area (Å²) in [5, 5.41) is 1.31. The Morgan fingerprint density at radius 3 is 2.21 bits per heavy atom. The van der Waals surface area contributed by atoms with E-state index >= 15 is 0 Å². The smallest absolute Gasteiger partial charge is 0.0498 e. The van der Waals surface area contributed by atoms with Crippen molar-refractivity contribution in [2.75, 3.05) is 6.54 Å². The Labute approximate surface area is 145 Å². The zero-order chi connectivity index (χ0) is 17.5. The van der Waals surface area contributed by atoms with E-state index in [0.717, 1.165) is 6.42 Å². The SMILES string of the molecule is Cc1cc(C)cc(-c2[nH]c3ccc(C(C)(C)C)cc3c2CCN)c1. The number of hydrogen-bond acceptors (Lipinski definition) is 1. The summed E-state index contributed by atoms with van der Waals surface area (Å²) in [4.78, 5) is 3.64. The van der Waals surface area contributed by atoms with Crippen LogP contribution in [0.3, 0.4) is 0 Å². The first-order valence-electron chi connectivity index (χ1n) is 8.73. The molecule has 0 unspecified atom stereocenters. The predicted octanol–water partition coefficient (Wildman–Crippen LogP) is 5.25. The number of benzene rings is 2. The fourth-order valence-electron chi connectivity index (χ4n) is 3.48. The Hall–Kier alpha value is -2.06. The molecule has 3 aromatic rings. The molecule has 0 aliphatic carbocycles. The maximum Gasteiger partial charge on any atom is 0.0498 e. The number of nitrogens with one attached hydrogen (secondary N) is 1. The van der Waals surface area contributed by atoms with Gasteiger partial charge in [-0.2, -0.15) is 0 Å². The fraction of sp³-hybridized carbons (Fsp3) is 0.364. The monoisotopic (exact) mass is 320 g/mol. The highest BCUT2D eigenvalue weighted by atomic mass is 14.7. The Morgan fingerprint density at radius 2 is 1.62 bits per heavy atom. The summed E-state index contributed by atoms with van der Waals surface area (Å²) >= 11 is 0. The van der Waals surface area contributed by atoms with Gasteiger partial charge in [-0.1, -0.05) is 44.0 Å². The van der Waals surface area contributed by atoms with Crippen molar-refractivity contribution in [1.82, 2.24) is 4.98 Å². The van der Waals surface area contributed by atoms with E-state index in [1.54, 1.807) is 0 Å². The van der Waals surface area contributed by atoms with Crippen LogP contribution in [0.2, 0.25) is 0 Å². The number of rotatable bonds is 3. The summed E-state index contributed by atoms with van der Waals surface area (Å²) in [6, 6.07) is 13.5. The fourth-order valence-corrected chi connectivity index (χ4v) is 3.48. The van der Waals surface area contributed by atoms with Crippen LogP contribution in [-0.2, 0) is 11.8 Å². The lowest BCUT2D eigenvalue weighted by Crippen LogP contribution is -2.10. The van der Waals surface area contributed by atoms with Crippen molar-refractivity contribution in [2.45, 2.75) is 46.5 Å². The Kier molecular flexibility index (Phi) is 4.27. The van der Waals surface area contributed by atoms with Crippen LogP contribution in [0.1, 0.15) is 43.0 Å². The van der Waals surface area contributed by atoms with Crippen LogP contribution in [0.15, 0.2) is 36.4 Å². The summed E-state index contributed by atoms with van der Waals surface area (Å²) in [6.07, 6.45) is 0.885. The van der Waals surface area contributed by atoms with Gasteiger partial charge in [0.2, 0.25) is 0 Å². The van der Waals surface area contributed by atoms with Crippen molar-refractivity contribution in [1.29, 1.82) is 0 Å². The summed E-state index contributed by atoms with van der Waals surface area (Å²) in [5.74, 6) is 0. The van der Waals surface area contributed by atoms with Gasteiger partial charge in [-0.05, 0) is 73.2 Å². The molecule has 0 fully saturated rings. The number of aromatic amines is 1. The molecule has 0 atom stereocenters. The first kappa shape index (κ1) is 16.8. The zero-order valence-electron chi connectivity index (χ0n) is 15.5. The predicted molar refractivity (Wildman–Crippen MR) is 105 cm³/mol. The quantitative estimate of drug-likeness (QED) is 0.680. The number of nitrogens with two attached hydrogens (primary N) is 1. The molecule has 3 N–H and O–H groups in total. The van der Waals surface area contributed by atoms with Gasteiger partial charge in [0.05, 0.1) is 0 Å². The van der Waals surface area contributed by atoms with Gasteiger partial charge < -0.3 is 10.7 Å². The van der Waals surface area contributed by atoms with Gasteiger partial charge in [0.25, 0.3) is 0 Å². The molecular formula is C22H28N2. The second-order valence-electron chi connectivity index (χ2n) is 7.90. The Bertz CT molecular complexity index is 859. The van der Waals surface area contributed by atoms with Gasteiger partial charge in [-0.15, -0.1) is 0 Å². The Balaban J connectivity index is 2.26. The van der Waals surface area contributed by atoms with E-state index in [4.69, 9.17) is 5.73 Å². The third-order valence-corrected chi connectivity index (χ3v) is 4.68. The van der Waals surface area contributed by atoms with E-state index in [0.29, 0.717) is 6.54 Å². The minimum Gasteiger partial charge on any atom is -0.354 e.